The first-order valence-electron chi connectivity index (χ1n) is 5.29. The molecule has 0 aromatic carbocycles. The molecule has 0 radical (unpaired) electrons. The molecule has 14 heavy (non-hydrogen) atoms. The quantitative estimate of drug-likeness (QED) is 0.728. The predicted molar refractivity (Wildman–Crippen MR) is 55.0 cm³/mol. The van der Waals surface area contributed by atoms with Crippen molar-refractivity contribution in [2.24, 2.45) is 11.7 Å². The van der Waals surface area contributed by atoms with Gasteiger partial charge in [0.05, 0.1) is 7.11 Å². The standard InChI is InChI=1S/C10H20N2O2/c1-3-9-8(7-11)5-4-6-12(9)10(13)14-2/h8-9H,3-7,11H2,1-2H3. The Bertz CT molecular complexity index is 197. The van der Waals surface area contributed by atoms with Gasteiger partial charge >= 0.3 is 6.09 Å². The monoisotopic (exact) mass is 200 g/mol. The maximum Gasteiger partial charge on any atom is 0.409 e. The molecule has 1 rings (SSSR count). The lowest BCUT2D eigenvalue weighted by atomic mass is 9.88. The van der Waals surface area contributed by atoms with Crippen LogP contribution in [-0.2, 0) is 4.74 Å². The summed E-state index contributed by atoms with van der Waals surface area (Å²) in [5.41, 5.74) is 5.69. The first kappa shape index (κ1) is 11.3. The fraction of sp³-hybridized carbons (Fsp3) is 0.900. The van der Waals surface area contributed by atoms with E-state index in [1.165, 1.54) is 7.11 Å². The summed E-state index contributed by atoms with van der Waals surface area (Å²) < 4.78 is 4.76. The van der Waals surface area contributed by atoms with E-state index in [0.717, 1.165) is 25.8 Å². The van der Waals surface area contributed by atoms with Crippen molar-refractivity contribution in [1.82, 2.24) is 4.90 Å². The Kier molecular flexibility index (Phi) is 4.20. The minimum Gasteiger partial charge on any atom is -0.453 e. The van der Waals surface area contributed by atoms with Crippen LogP contribution in [0.15, 0.2) is 0 Å². The number of nitrogens with two attached hydrogens (primary N) is 1. The van der Waals surface area contributed by atoms with Gasteiger partial charge in [-0.3, -0.25) is 0 Å². The first-order valence-corrected chi connectivity index (χ1v) is 5.29. The van der Waals surface area contributed by atoms with Gasteiger partial charge in [0.15, 0.2) is 0 Å². The lowest BCUT2D eigenvalue weighted by Crippen LogP contribution is -2.50. The van der Waals surface area contributed by atoms with Crippen LogP contribution in [0, 0.1) is 5.92 Å². The number of piperidine rings is 1. The molecular formula is C10H20N2O2. The highest BCUT2D eigenvalue weighted by molar-refractivity contribution is 5.68. The third-order valence-electron chi connectivity index (χ3n) is 3.05. The second-order valence-electron chi connectivity index (χ2n) is 3.78. The molecule has 0 saturated carbocycles. The van der Waals surface area contributed by atoms with E-state index in [4.69, 9.17) is 10.5 Å². The molecule has 1 heterocycles. The van der Waals surface area contributed by atoms with Crippen LogP contribution in [0.4, 0.5) is 4.79 Å². The van der Waals surface area contributed by atoms with Crippen molar-refractivity contribution in [2.75, 3.05) is 20.2 Å². The molecule has 0 spiro atoms. The van der Waals surface area contributed by atoms with Gasteiger partial charge in [-0.05, 0) is 31.7 Å². The number of hydrogen-bond acceptors (Lipinski definition) is 3. The largest absolute Gasteiger partial charge is 0.453 e. The van der Waals surface area contributed by atoms with Gasteiger partial charge in [-0.2, -0.15) is 0 Å². The summed E-state index contributed by atoms with van der Waals surface area (Å²) >= 11 is 0. The van der Waals surface area contributed by atoms with Gasteiger partial charge in [0.2, 0.25) is 0 Å². The third kappa shape index (κ3) is 2.18. The summed E-state index contributed by atoms with van der Waals surface area (Å²) in [5, 5.41) is 0. The fourth-order valence-electron chi connectivity index (χ4n) is 2.31. The van der Waals surface area contributed by atoms with Crippen molar-refractivity contribution < 1.29 is 9.53 Å². The molecule has 1 amide bonds. The van der Waals surface area contributed by atoms with Gasteiger partial charge < -0.3 is 15.4 Å². The van der Waals surface area contributed by atoms with Crippen LogP contribution in [0.1, 0.15) is 26.2 Å². The number of nitrogens with zero attached hydrogens (tertiary/aromatic N) is 1. The lowest BCUT2D eigenvalue weighted by Gasteiger charge is -2.39. The highest BCUT2D eigenvalue weighted by atomic mass is 16.5. The van der Waals surface area contributed by atoms with Gasteiger partial charge in [0.25, 0.3) is 0 Å². The maximum atomic E-state index is 11.5. The number of carbonyl (C=O) groups excluding carboxylic acids is 1. The van der Waals surface area contributed by atoms with Crippen molar-refractivity contribution in [3.8, 4) is 0 Å². The second-order valence-corrected chi connectivity index (χ2v) is 3.78. The summed E-state index contributed by atoms with van der Waals surface area (Å²) in [7, 11) is 1.43. The van der Waals surface area contributed by atoms with Crippen LogP contribution >= 0.6 is 0 Å². The third-order valence-corrected chi connectivity index (χ3v) is 3.05. The number of hydrogen-bond donors (Lipinski definition) is 1. The molecule has 0 bridgehead atoms. The molecule has 2 unspecified atom stereocenters. The Morgan fingerprint density at radius 1 is 1.64 bits per heavy atom. The molecular weight excluding hydrogens is 180 g/mol. The molecule has 4 nitrogen and oxygen atoms in total. The van der Waals surface area contributed by atoms with Crippen LogP contribution in [0.25, 0.3) is 0 Å². The average molecular weight is 200 g/mol. The van der Waals surface area contributed by atoms with Gasteiger partial charge in [0, 0.05) is 12.6 Å². The minimum atomic E-state index is -0.213. The predicted octanol–water partition coefficient (Wildman–Crippen LogP) is 1.20. The van der Waals surface area contributed by atoms with Gasteiger partial charge in [-0.25, -0.2) is 4.79 Å². The van der Waals surface area contributed by atoms with E-state index in [1.54, 1.807) is 0 Å². The van der Waals surface area contributed by atoms with Crippen LogP contribution in [0.2, 0.25) is 0 Å². The summed E-state index contributed by atoms with van der Waals surface area (Å²) in [5.74, 6) is 0.438. The highest BCUT2D eigenvalue weighted by Gasteiger charge is 2.32. The smallest absolute Gasteiger partial charge is 0.409 e. The summed E-state index contributed by atoms with van der Waals surface area (Å²) in [6.45, 7) is 3.56. The first-order chi connectivity index (χ1) is 6.74. The Balaban J connectivity index is 2.67. The molecule has 0 aromatic heterocycles. The second kappa shape index (κ2) is 5.20. The Morgan fingerprint density at radius 2 is 2.36 bits per heavy atom. The minimum absolute atomic E-state index is 0.213. The molecule has 82 valence electrons. The van der Waals surface area contributed by atoms with Crippen molar-refractivity contribution in [2.45, 2.75) is 32.2 Å². The van der Waals surface area contributed by atoms with Gasteiger partial charge in [-0.15, -0.1) is 0 Å². The number of methoxy groups -OCH3 is 1. The normalized spacial score (nSPS) is 27.5. The summed E-state index contributed by atoms with van der Waals surface area (Å²) in [4.78, 5) is 13.3. The maximum absolute atomic E-state index is 11.5. The Hall–Kier alpha value is -0.770. The van der Waals surface area contributed by atoms with Crippen LogP contribution in [0.3, 0.4) is 0 Å². The SMILES string of the molecule is CCC1C(CN)CCCN1C(=O)OC. The molecule has 1 aliphatic rings. The number of rotatable bonds is 2. The van der Waals surface area contributed by atoms with Crippen molar-refractivity contribution in [3.05, 3.63) is 0 Å². The molecule has 2 atom stereocenters. The van der Waals surface area contributed by atoms with E-state index < -0.39 is 0 Å². The molecule has 4 heteroatoms. The van der Waals surface area contributed by atoms with Crippen molar-refractivity contribution >= 4 is 6.09 Å². The number of ether oxygens (including phenoxy) is 1. The van der Waals surface area contributed by atoms with Crippen LogP contribution in [0.5, 0.6) is 0 Å². The molecule has 1 saturated heterocycles. The van der Waals surface area contributed by atoms with E-state index in [-0.39, 0.29) is 12.1 Å². The molecule has 0 aromatic rings. The van der Waals surface area contributed by atoms with Gasteiger partial charge in [0.1, 0.15) is 0 Å². The Morgan fingerprint density at radius 3 is 2.86 bits per heavy atom. The fourth-order valence-corrected chi connectivity index (χ4v) is 2.31. The van der Waals surface area contributed by atoms with E-state index in [0.29, 0.717) is 12.5 Å². The summed E-state index contributed by atoms with van der Waals surface area (Å²) in [6.07, 6.45) is 2.91. The topological polar surface area (TPSA) is 55.6 Å². The molecule has 1 aliphatic heterocycles. The van der Waals surface area contributed by atoms with E-state index in [2.05, 4.69) is 6.92 Å². The van der Waals surface area contributed by atoms with E-state index in [9.17, 15) is 4.79 Å². The summed E-state index contributed by atoms with van der Waals surface area (Å²) in [6, 6.07) is 0.265. The molecule has 0 aliphatic carbocycles. The number of likely N-dealkylation sites (tertiary alicyclic amines) is 1. The zero-order valence-corrected chi connectivity index (χ0v) is 9.03. The van der Waals surface area contributed by atoms with Crippen LogP contribution < -0.4 is 5.73 Å². The zero-order chi connectivity index (χ0) is 10.6. The molecule has 2 N–H and O–H groups in total. The number of carbonyl (C=O) groups is 1. The van der Waals surface area contributed by atoms with E-state index in [1.807, 2.05) is 4.90 Å². The van der Waals surface area contributed by atoms with Crippen LogP contribution in [-0.4, -0.2) is 37.2 Å². The number of amides is 1. The zero-order valence-electron chi connectivity index (χ0n) is 9.03. The van der Waals surface area contributed by atoms with Gasteiger partial charge in [-0.1, -0.05) is 6.92 Å². The van der Waals surface area contributed by atoms with Crippen molar-refractivity contribution in [1.29, 1.82) is 0 Å². The van der Waals surface area contributed by atoms with Crippen molar-refractivity contribution in [3.63, 3.8) is 0 Å². The average Bonchev–Trinajstić information content (AvgIpc) is 2.26. The molecule has 1 fully saturated rings. The highest BCUT2D eigenvalue weighted by Crippen LogP contribution is 2.25. The lowest BCUT2D eigenvalue weighted by molar-refractivity contribution is 0.0658. The Labute approximate surface area is 85.4 Å². The van der Waals surface area contributed by atoms with E-state index >= 15 is 0 Å².